The Morgan fingerprint density at radius 1 is 1.24 bits per heavy atom. The van der Waals surface area contributed by atoms with Gasteiger partial charge in [-0.3, -0.25) is 9.59 Å². The predicted octanol–water partition coefficient (Wildman–Crippen LogP) is 2.80. The molecule has 0 unspecified atom stereocenters. The van der Waals surface area contributed by atoms with Gasteiger partial charge in [0.25, 0.3) is 11.1 Å². The number of ketones is 1. The van der Waals surface area contributed by atoms with Gasteiger partial charge in [0.2, 0.25) is 11.7 Å². The molecule has 1 aromatic rings. The highest BCUT2D eigenvalue weighted by Crippen LogP contribution is 2.22. The maximum absolute atomic E-state index is 12.7. The number of carbonyl (C=O) groups is 2. The minimum Gasteiger partial charge on any atom is -0.408 e. The lowest BCUT2D eigenvalue weighted by Crippen LogP contribution is -2.43. The number of carbonyl (C=O) groups excluding carboxylic acids is 2. The molecule has 1 atom stereocenters. The Morgan fingerprint density at radius 2 is 1.88 bits per heavy atom. The van der Waals surface area contributed by atoms with E-state index in [-0.39, 0.29) is 35.2 Å². The van der Waals surface area contributed by atoms with Gasteiger partial charge in [0.05, 0.1) is 6.04 Å². The van der Waals surface area contributed by atoms with Gasteiger partial charge in [-0.15, -0.1) is 10.2 Å². The lowest BCUT2D eigenvalue weighted by atomic mass is 9.98. The number of nitrogens with two attached hydrogens (primary N) is 1. The molecule has 0 aliphatic rings. The summed E-state index contributed by atoms with van der Waals surface area (Å²) in [4.78, 5) is 24.8. The Morgan fingerprint density at radius 3 is 2.40 bits per heavy atom. The number of Topliss-reactive ketones (excluding diaryl/α,β-unsaturated/α-hetero) is 1. The van der Waals surface area contributed by atoms with Gasteiger partial charge in [-0.1, -0.05) is 39.5 Å². The van der Waals surface area contributed by atoms with E-state index < -0.39 is 11.6 Å². The zero-order chi connectivity index (χ0) is 19.2. The summed E-state index contributed by atoms with van der Waals surface area (Å²) in [7, 11) is 0. The van der Waals surface area contributed by atoms with Crippen LogP contribution in [0.3, 0.4) is 0 Å². The average molecular weight is 371 g/mol. The van der Waals surface area contributed by atoms with Crippen LogP contribution in [0.2, 0.25) is 0 Å². The number of rotatable bonds is 10. The number of thioether (sulfide) groups is 1. The first kappa shape index (κ1) is 21.6. The van der Waals surface area contributed by atoms with Gasteiger partial charge in [-0.2, -0.15) is 0 Å². The molecule has 1 aromatic heterocycles. The van der Waals surface area contributed by atoms with Crippen LogP contribution in [0.15, 0.2) is 9.64 Å². The van der Waals surface area contributed by atoms with Gasteiger partial charge in [0, 0.05) is 17.2 Å². The average Bonchev–Trinajstić information content (AvgIpc) is 2.90. The lowest BCUT2D eigenvalue weighted by Gasteiger charge is -2.21. The highest BCUT2D eigenvalue weighted by atomic mass is 32.2. The van der Waals surface area contributed by atoms with Gasteiger partial charge in [0.1, 0.15) is 0 Å². The number of aromatic nitrogens is 2. The second-order valence-electron chi connectivity index (χ2n) is 7.64. The van der Waals surface area contributed by atoms with Crippen LogP contribution >= 0.6 is 11.8 Å². The van der Waals surface area contributed by atoms with Crippen LogP contribution in [0, 0.1) is 5.92 Å². The second-order valence-corrected chi connectivity index (χ2v) is 9.17. The fourth-order valence-electron chi connectivity index (χ4n) is 2.11. The number of nitrogens with zero attached hydrogens (tertiary/aromatic N) is 2. The van der Waals surface area contributed by atoms with Crippen molar-refractivity contribution in [3.63, 3.8) is 0 Å². The van der Waals surface area contributed by atoms with E-state index in [0.717, 1.165) is 0 Å². The molecule has 0 spiro atoms. The fraction of sp³-hybridized carbons (Fsp3) is 0.765. The van der Waals surface area contributed by atoms with Crippen molar-refractivity contribution in [1.29, 1.82) is 0 Å². The van der Waals surface area contributed by atoms with E-state index in [1.165, 1.54) is 11.8 Å². The van der Waals surface area contributed by atoms with Crippen molar-refractivity contribution in [3.8, 4) is 0 Å². The fourth-order valence-corrected chi connectivity index (χ4v) is 2.73. The maximum atomic E-state index is 12.7. The van der Waals surface area contributed by atoms with E-state index in [1.807, 2.05) is 41.5 Å². The lowest BCUT2D eigenvalue weighted by molar-refractivity contribution is -0.122. The largest absolute Gasteiger partial charge is 0.408 e. The Hall–Kier alpha value is -1.41. The van der Waals surface area contributed by atoms with Crippen LogP contribution in [0.25, 0.3) is 0 Å². The summed E-state index contributed by atoms with van der Waals surface area (Å²) in [5.74, 6) is -0.383. The van der Waals surface area contributed by atoms with E-state index in [4.69, 9.17) is 10.2 Å². The molecule has 1 heterocycles. The highest BCUT2D eigenvalue weighted by molar-refractivity contribution is 7.99. The van der Waals surface area contributed by atoms with Gasteiger partial charge >= 0.3 is 0 Å². The Labute approximate surface area is 153 Å². The third kappa shape index (κ3) is 8.49. The molecule has 3 N–H and O–H groups in total. The summed E-state index contributed by atoms with van der Waals surface area (Å²) in [6.45, 7) is 11.7. The molecular formula is C17H30N4O3S. The highest BCUT2D eigenvalue weighted by Gasteiger charge is 2.28. The molecule has 7 nitrogen and oxygen atoms in total. The Kier molecular flexibility index (Phi) is 8.08. The molecule has 0 bridgehead atoms. The second kappa shape index (κ2) is 9.33. The van der Waals surface area contributed by atoms with Gasteiger partial charge < -0.3 is 15.5 Å². The van der Waals surface area contributed by atoms with Gasteiger partial charge in [-0.05, 0) is 32.6 Å². The number of amides is 1. The minimum atomic E-state index is -0.675. The molecule has 1 rings (SSSR count). The van der Waals surface area contributed by atoms with E-state index in [1.54, 1.807) is 0 Å². The SMILES string of the molecule is CC(C)C[C@H](NC(=O)CCC(C)(C)N)C(=O)c1nnc(SC(C)C)o1. The van der Waals surface area contributed by atoms with Crippen LogP contribution in [0.4, 0.5) is 0 Å². The molecule has 25 heavy (non-hydrogen) atoms. The summed E-state index contributed by atoms with van der Waals surface area (Å²) in [6.07, 6.45) is 1.31. The topological polar surface area (TPSA) is 111 Å². The minimum absolute atomic E-state index is 0.0618. The van der Waals surface area contributed by atoms with Crippen molar-refractivity contribution >= 4 is 23.5 Å². The van der Waals surface area contributed by atoms with Crippen molar-refractivity contribution in [3.05, 3.63) is 5.89 Å². The van der Waals surface area contributed by atoms with Crippen LogP contribution in [0.5, 0.6) is 0 Å². The van der Waals surface area contributed by atoms with Crippen LogP contribution in [-0.2, 0) is 4.79 Å². The molecule has 0 saturated heterocycles. The summed E-state index contributed by atoms with van der Waals surface area (Å²) >= 11 is 1.39. The predicted molar refractivity (Wildman–Crippen MR) is 98.5 cm³/mol. The van der Waals surface area contributed by atoms with E-state index in [2.05, 4.69) is 15.5 Å². The number of hydrogen-bond donors (Lipinski definition) is 2. The van der Waals surface area contributed by atoms with Crippen LogP contribution in [-0.4, -0.2) is 38.7 Å². The van der Waals surface area contributed by atoms with Crippen molar-refractivity contribution in [1.82, 2.24) is 15.5 Å². The molecule has 0 aliphatic heterocycles. The third-order valence-electron chi connectivity index (χ3n) is 3.31. The van der Waals surface area contributed by atoms with Crippen molar-refractivity contribution in [2.24, 2.45) is 11.7 Å². The number of hydrogen-bond acceptors (Lipinski definition) is 7. The molecular weight excluding hydrogens is 340 g/mol. The van der Waals surface area contributed by atoms with Crippen molar-refractivity contribution in [2.75, 3.05) is 0 Å². The normalized spacial score (nSPS) is 13.3. The van der Waals surface area contributed by atoms with Gasteiger partial charge in [-0.25, -0.2) is 0 Å². The van der Waals surface area contributed by atoms with Crippen LogP contribution < -0.4 is 11.1 Å². The summed E-state index contributed by atoms with van der Waals surface area (Å²) in [5, 5.41) is 11.1. The van der Waals surface area contributed by atoms with Crippen molar-refractivity contribution in [2.45, 2.75) is 82.9 Å². The number of nitrogens with one attached hydrogen (secondary N) is 1. The summed E-state index contributed by atoms with van der Waals surface area (Å²) in [6, 6.07) is -0.675. The van der Waals surface area contributed by atoms with E-state index in [9.17, 15) is 9.59 Å². The molecule has 0 saturated carbocycles. The third-order valence-corrected chi connectivity index (χ3v) is 4.15. The summed E-state index contributed by atoms with van der Waals surface area (Å²) < 4.78 is 5.43. The zero-order valence-corrected chi connectivity index (χ0v) is 16.8. The molecule has 0 radical (unpaired) electrons. The quantitative estimate of drug-likeness (QED) is 0.481. The maximum Gasteiger partial charge on any atom is 0.286 e. The molecule has 142 valence electrons. The monoisotopic (exact) mass is 370 g/mol. The Balaban J connectivity index is 2.78. The summed E-state index contributed by atoms with van der Waals surface area (Å²) in [5.41, 5.74) is 5.48. The molecule has 0 fully saturated rings. The first-order valence-corrected chi connectivity index (χ1v) is 9.48. The van der Waals surface area contributed by atoms with E-state index in [0.29, 0.717) is 18.1 Å². The Bertz CT molecular complexity index is 579. The molecule has 0 aliphatic carbocycles. The standard InChI is InChI=1S/C17H30N4O3S/c1-10(2)9-12(19-13(22)7-8-17(5,6)18)14(23)15-20-21-16(24-15)25-11(3)4/h10-12H,7-9,18H2,1-6H3,(H,19,22)/t12-/m0/s1. The molecule has 8 heteroatoms. The first-order chi connectivity index (χ1) is 11.5. The smallest absolute Gasteiger partial charge is 0.286 e. The zero-order valence-electron chi connectivity index (χ0n) is 16.0. The molecule has 0 aromatic carbocycles. The van der Waals surface area contributed by atoms with Gasteiger partial charge in [0.15, 0.2) is 0 Å². The van der Waals surface area contributed by atoms with Crippen molar-refractivity contribution < 1.29 is 14.0 Å². The van der Waals surface area contributed by atoms with Crippen LogP contribution in [0.1, 0.15) is 71.5 Å². The first-order valence-electron chi connectivity index (χ1n) is 8.60. The molecule has 1 amide bonds. The van der Waals surface area contributed by atoms with E-state index >= 15 is 0 Å².